The van der Waals surface area contributed by atoms with Crippen molar-refractivity contribution in [3.63, 3.8) is 0 Å². The number of fused-ring (bicyclic) bond motifs is 1. The summed E-state index contributed by atoms with van der Waals surface area (Å²) in [6, 6.07) is 7.89. The zero-order valence-corrected chi connectivity index (χ0v) is 13.5. The molecular formula is C15H18N2O5S. The van der Waals surface area contributed by atoms with E-state index in [4.69, 9.17) is 5.21 Å². The monoisotopic (exact) mass is 338 g/mol. The Morgan fingerprint density at radius 1 is 1.09 bits per heavy atom. The molecule has 2 rings (SSSR count). The summed E-state index contributed by atoms with van der Waals surface area (Å²) < 4.78 is 27.2. The zero-order valence-electron chi connectivity index (χ0n) is 12.6. The Morgan fingerprint density at radius 3 is 2.30 bits per heavy atom. The highest BCUT2D eigenvalue weighted by molar-refractivity contribution is 7.89. The molecule has 1 atom stereocenters. The number of phenols is 1. The minimum atomic E-state index is -3.95. The fraction of sp³-hybridized carbons (Fsp3) is 0.267. The van der Waals surface area contributed by atoms with Gasteiger partial charge >= 0.3 is 0 Å². The van der Waals surface area contributed by atoms with Crippen LogP contribution in [-0.4, -0.2) is 30.7 Å². The number of carbonyl (C=O) groups excluding carboxylic acids is 1. The molecule has 1 amide bonds. The van der Waals surface area contributed by atoms with Crippen molar-refractivity contribution in [2.24, 2.45) is 5.92 Å². The predicted octanol–water partition coefficient (Wildman–Crippen LogP) is 1.35. The van der Waals surface area contributed by atoms with Gasteiger partial charge in [0.2, 0.25) is 10.0 Å². The van der Waals surface area contributed by atoms with E-state index in [9.17, 15) is 18.3 Å². The van der Waals surface area contributed by atoms with Crippen molar-refractivity contribution >= 4 is 26.7 Å². The minimum absolute atomic E-state index is 0.00733. The van der Waals surface area contributed by atoms with Gasteiger partial charge < -0.3 is 5.11 Å². The summed E-state index contributed by atoms with van der Waals surface area (Å²) in [7, 11) is -3.95. The van der Waals surface area contributed by atoms with E-state index in [1.165, 1.54) is 29.7 Å². The van der Waals surface area contributed by atoms with Crippen molar-refractivity contribution in [1.29, 1.82) is 0 Å². The van der Waals surface area contributed by atoms with E-state index in [2.05, 4.69) is 4.72 Å². The second-order valence-corrected chi connectivity index (χ2v) is 7.23. The summed E-state index contributed by atoms with van der Waals surface area (Å²) >= 11 is 0. The second kappa shape index (κ2) is 6.53. The van der Waals surface area contributed by atoms with E-state index >= 15 is 0 Å². The molecule has 8 heteroatoms. The van der Waals surface area contributed by atoms with Crippen molar-refractivity contribution in [2.45, 2.75) is 24.8 Å². The SMILES string of the molecule is CC(C)[C@@H](NS(=O)(=O)c1ccc2cc(O)ccc2c1)C(=O)NO. The first-order chi connectivity index (χ1) is 10.7. The number of rotatable bonds is 5. The molecule has 0 bridgehead atoms. The molecular weight excluding hydrogens is 320 g/mol. The fourth-order valence-corrected chi connectivity index (χ4v) is 3.55. The number of sulfonamides is 1. The van der Waals surface area contributed by atoms with Crippen LogP contribution < -0.4 is 10.2 Å². The fourth-order valence-electron chi connectivity index (χ4n) is 2.18. The van der Waals surface area contributed by atoms with Crippen LogP contribution in [0.25, 0.3) is 10.8 Å². The Hall–Kier alpha value is -2.16. The van der Waals surface area contributed by atoms with Gasteiger partial charge in [-0.1, -0.05) is 26.0 Å². The van der Waals surface area contributed by atoms with Crippen molar-refractivity contribution in [2.75, 3.05) is 0 Å². The highest BCUT2D eigenvalue weighted by atomic mass is 32.2. The van der Waals surface area contributed by atoms with E-state index < -0.39 is 22.0 Å². The van der Waals surface area contributed by atoms with Gasteiger partial charge in [0.1, 0.15) is 11.8 Å². The third-order valence-corrected chi connectivity index (χ3v) is 4.89. The minimum Gasteiger partial charge on any atom is -0.508 e. The molecule has 0 saturated heterocycles. The first kappa shape index (κ1) is 17.2. The molecule has 124 valence electrons. The van der Waals surface area contributed by atoms with Crippen LogP contribution in [0.15, 0.2) is 41.3 Å². The van der Waals surface area contributed by atoms with Crippen molar-refractivity contribution in [3.8, 4) is 5.75 Å². The van der Waals surface area contributed by atoms with Crippen LogP contribution in [0.3, 0.4) is 0 Å². The molecule has 4 N–H and O–H groups in total. The van der Waals surface area contributed by atoms with Crippen molar-refractivity contribution < 1.29 is 23.5 Å². The lowest BCUT2D eigenvalue weighted by Crippen LogP contribution is -2.48. The third kappa shape index (κ3) is 3.79. The Balaban J connectivity index is 2.39. The Bertz CT molecular complexity index is 833. The maximum atomic E-state index is 12.5. The van der Waals surface area contributed by atoms with Crippen LogP contribution >= 0.6 is 0 Å². The molecule has 2 aromatic rings. The van der Waals surface area contributed by atoms with Gasteiger partial charge in [-0.2, -0.15) is 4.72 Å². The molecule has 0 spiro atoms. The molecule has 23 heavy (non-hydrogen) atoms. The molecule has 0 aliphatic carbocycles. The van der Waals surface area contributed by atoms with Crippen LogP contribution in [0.4, 0.5) is 0 Å². The lowest BCUT2D eigenvalue weighted by Gasteiger charge is -2.20. The standard InChI is InChI=1S/C15H18N2O5S/c1-9(2)14(15(19)16-20)17-23(21,22)13-6-4-10-7-12(18)5-3-11(10)8-13/h3-9,14,17-18,20H,1-2H3,(H,16,19)/t14-/m1/s1. The van der Waals surface area contributed by atoms with E-state index in [0.29, 0.717) is 10.8 Å². The number of aromatic hydroxyl groups is 1. The van der Waals surface area contributed by atoms with Gasteiger partial charge in [-0.25, -0.2) is 13.9 Å². The summed E-state index contributed by atoms with van der Waals surface area (Å²) in [5.41, 5.74) is 1.46. The summed E-state index contributed by atoms with van der Waals surface area (Å²) in [5.74, 6) is -1.09. The largest absolute Gasteiger partial charge is 0.508 e. The van der Waals surface area contributed by atoms with Crippen LogP contribution in [-0.2, 0) is 14.8 Å². The number of benzene rings is 2. The lowest BCUT2D eigenvalue weighted by atomic mass is 10.1. The van der Waals surface area contributed by atoms with Gasteiger partial charge in [0.05, 0.1) is 4.90 Å². The lowest BCUT2D eigenvalue weighted by molar-refractivity contribution is -0.131. The molecule has 0 aromatic heterocycles. The van der Waals surface area contributed by atoms with Gasteiger partial charge in [-0.05, 0) is 41.0 Å². The number of hydrogen-bond acceptors (Lipinski definition) is 5. The Morgan fingerprint density at radius 2 is 1.70 bits per heavy atom. The average molecular weight is 338 g/mol. The first-order valence-electron chi connectivity index (χ1n) is 6.93. The second-order valence-electron chi connectivity index (χ2n) is 5.51. The number of hydrogen-bond donors (Lipinski definition) is 4. The van der Waals surface area contributed by atoms with Crippen molar-refractivity contribution in [3.05, 3.63) is 36.4 Å². The van der Waals surface area contributed by atoms with Crippen molar-refractivity contribution in [1.82, 2.24) is 10.2 Å². The zero-order chi connectivity index (χ0) is 17.2. The molecule has 0 unspecified atom stereocenters. The normalized spacial score (nSPS) is 13.2. The third-order valence-electron chi connectivity index (χ3n) is 3.45. The number of amides is 1. The number of carbonyl (C=O) groups is 1. The number of hydroxylamine groups is 1. The Labute approximate surface area is 134 Å². The van der Waals surface area contributed by atoms with Gasteiger partial charge in [-0.3, -0.25) is 10.0 Å². The van der Waals surface area contributed by atoms with Gasteiger partial charge in [0.15, 0.2) is 0 Å². The summed E-state index contributed by atoms with van der Waals surface area (Å²) in [4.78, 5) is 11.6. The highest BCUT2D eigenvalue weighted by Gasteiger charge is 2.28. The van der Waals surface area contributed by atoms with Crippen LogP contribution in [0.1, 0.15) is 13.8 Å². The maximum Gasteiger partial charge on any atom is 0.261 e. The smallest absolute Gasteiger partial charge is 0.261 e. The average Bonchev–Trinajstić information content (AvgIpc) is 2.51. The van der Waals surface area contributed by atoms with E-state index in [-0.39, 0.29) is 16.6 Å². The molecule has 0 radical (unpaired) electrons. The van der Waals surface area contributed by atoms with Gasteiger partial charge in [-0.15, -0.1) is 0 Å². The topological polar surface area (TPSA) is 116 Å². The molecule has 0 aliphatic heterocycles. The van der Waals surface area contributed by atoms with Crippen LogP contribution in [0.5, 0.6) is 5.75 Å². The number of phenolic OH excluding ortho intramolecular Hbond substituents is 1. The van der Waals surface area contributed by atoms with Crippen LogP contribution in [0, 0.1) is 5.92 Å². The van der Waals surface area contributed by atoms with E-state index in [1.54, 1.807) is 26.0 Å². The van der Waals surface area contributed by atoms with E-state index in [0.717, 1.165) is 0 Å². The Kier molecular flexibility index (Phi) is 4.88. The van der Waals surface area contributed by atoms with Crippen LogP contribution in [0.2, 0.25) is 0 Å². The molecule has 7 nitrogen and oxygen atoms in total. The summed E-state index contributed by atoms with van der Waals surface area (Å²) in [5, 5.41) is 19.5. The van der Waals surface area contributed by atoms with E-state index in [1.807, 2.05) is 0 Å². The van der Waals surface area contributed by atoms with Gasteiger partial charge in [0.25, 0.3) is 5.91 Å². The first-order valence-corrected chi connectivity index (χ1v) is 8.42. The maximum absolute atomic E-state index is 12.5. The summed E-state index contributed by atoms with van der Waals surface area (Å²) in [6.45, 7) is 3.32. The number of nitrogens with one attached hydrogen (secondary N) is 2. The van der Waals surface area contributed by atoms with Gasteiger partial charge in [0, 0.05) is 0 Å². The quantitative estimate of drug-likeness (QED) is 0.485. The summed E-state index contributed by atoms with van der Waals surface area (Å²) in [6.07, 6.45) is 0. The molecule has 0 heterocycles. The molecule has 0 saturated carbocycles. The predicted molar refractivity (Wildman–Crippen MR) is 84.5 cm³/mol. The molecule has 0 aliphatic rings. The molecule has 0 fully saturated rings. The highest BCUT2D eigenvalue weighted by Crippen LogP contribution is 2.23. The molecule has 2 aromatic carbocycles.